The van der Waals surface area contributed by atoms with Crippen molar-refractivity contribution in [1.29, 1.82) is 0 Å². The van der Waals surface area contributed by atoms with Gasteiger partial charge in [0, 0.05) is 25.3 Å². The molecular weight excluding hydrogens is 362 g/mol. The van der Waals surface area contributed by atoms with Gasteiger partial charge in [-0.25, -0.2) is 0 Å². The van der Waals surface area contributed by atoms with Crippen LogP contribution in [0.15, 0.2) is 48.5 Å². The summed E-state index contributed by atoms with van der Waals surface area (Å²) in [5.74, 6) is 0.0954. The first kappa shape index (κ1) is 19.9. The fourth-order valence-corrected chi connectivity index (χ4v) is 4.49. The number of rotatable bonds is 6. The summed E-state index contributed by atoms with van der Waals surface area (Å²) in [5, 5.41) is 3.26. The van der Waals surface area contributed by atoms with E-state index in [4.69, 9.17) is 4.74 Å². The number of likely N-dealkylation sites (N-methyl/N-ethyl adjacent to an activating group) is 1. The fraction of sp³-hybridized carbons (Fsp3) is 0.458. The van der Waals surface area contributed by atoms with Crippen LogP contribution in [0.3, 0.4) is 0 Å². The number of aryl methyl sites for hydroxylation is 1. The number of hydrogen-bond donors (Lipinski definition) is 1. The standard InChI is InChI=1S/C24H31N3O2/c1-26(17-20-8-3-5-12-23(20)27-13-15-29-16-14-27)18-24(28)25-22-11-6-9-19-7-2-4-10-21(19)22/h2-5,7-8,10,12,22H,6,9,11,13-18H2,1H3,(H,25,28)/t22-/m1/s1. The highest BCUT2D eigenvalue weighted by atomic mass is 16.5. The van der Waals surface area contributed by atoms with Crippen molar-refractivity contribution in [3.05, 3.63) is 65.2 Å². The molecule has 2 aromatic rings. The zero-order valence-corrected chi connectivity index (χ0v) is 17.3. The van der Waals surface area contributed by atoms with E-state index < -0.39 is 0 Å². The molecular formula is C24H31N3O2. The summed E-state index contributed by atoms with van der Waals surface area (Å²) in [6, 6.07) is 17.1. The van der Waals surface area contributed by atoms with Crippen molar-refractivity contribution < 1.29 is 9.53 Å². The largest absolute Gasteiger partial charge is 0.378 e. The highest BCUT2D eigenvalue weighted by Gasteiger charge is 2.22. The highest BCUT2D eigenvalue weighted by Crippen LogP contribution is 2.29. The van der Waals surface area contributed by atoms with Gasteiger partial charge >= 0.3 is 0 Å². The van der Waals surface area contributed by atoms with Crippen LogP contribution in [0.4, 0.5) is 5.69 Å². The van der Waals surface area contributed by atoms with Crippen molar-refractivity contribution >= 4 is 11.6 Å². The van der Waals surface area contributed by atoms with Gasteiger partial charge in [-0.05, 0) is 49.1 Å². The zero-order valence-electron chi connectivity index (χ0n) is 17.3. The molecule has 29 heavy (non-hydrogen) atoms. The van der Waals surface area contributed by atoms with Gasteiger partial charge in [0.2, 0.25) is 5.91 Å². The van der Waals surface area contributed by atoms with Gasteiger partial charge < -0.3 is 15.0 Å². The molecule has 0 radical (unpaired) electrons. The first-order chi connectivity index (χ1) is 14.2. The van der Waals surface area contributed by atoms with Crippen LogP contribution in [0.2, 0.25) is 0 Å². The van der Waals surface area contributed by atoms with E-state index in [9.17, 15) is 4.79 Å². The van der Waals surface area contributed by atoms with E-state index in [2.05, 4.69) is 63.6 Å². The van der Waals surface area contributed by atoms with Crippen LogP contribution in [0.25, 0.3) is 0 Å². The maximum absolute atomic E-state index is 12.7. The molecule has 2 aromatic carbocycles. The lowest BCUT2D eigenvalue weighted by Crippen LogP contribution is -2.39. The Hall–Kier alpha value is -2.37. The van der Waals surface area contributed by atoms with Crippen molar-refractivity contribution in [3.8, 4) is 0 Å². The van der Waals surface area contributed by atoms with Gasteiger partial charge in [0.05, 0.1) is 25.8 Å². The van der Waals surface area contributed by atoms with E-state index in [0.29, 0.717) is 6.54 Å². The molecule has 0 aromatic heterocycles. The molecule has 1 aliphatic carbocycles. The SMILES string of the molecule is CN(CC(=O)N[C@@H]1CCCc2ccccc21)Cc1ccccc1N1CCOCC1. The second-order valence-electron chi connectivity index (χ2n) is 8.11. The number of hydrogen-bond acceptors (Lipinski definition) is 4. The minimum absolute atomic E-state index is 0.0954. The summed E-state index contributed by atoms with van der Waals surface area (Å²) in [5.41, 5.74) is 5.17. The lowest BCUT2D eigenvalue weighted by Gasteiger charge is -2.31. The van der Waals surface area contributed by atoms with Gasteiger partial charge in [-0.15, -0.1) is 0 Å². The molecule has 5 nitrogen and oxygen atoms in total. The highest BCUT2D eigenvalue weighted by molar-refractivity contribution is 5.78. The van der Waals surface area contributed by atoms with Gasteiger partial charge in [-0.3, -0.25) is 9.69 Å². The van der Waals surface area contributed by atoms with Crippen LogP contribution in [-0.2, 0) is 22.5 Å². The van der Waals surface area contributed by atoms with Crippen molar-refractivity contribution in [1.82, 2.24) is 10.2 Å². The molecule has 1 saturated heterocycles. The zero-order chi connectivity index (χ0) is 20.1. The van der Waals surface area contributed by atoms with E-state index in [0.717, 1.165) is 52.1 Å². The number of amides is 1. The molecule has 0 unspecified atom stereocenters. The van der Waals surface area contributed by atoms with Crippen LogP contribution in [0.1, 0.15) is 35.6 Å². The maximum atomic E-state index is 12.7. The third kappa shape index (κ3) is 4.98. The van der Waals surface area contributed by atoms with Crippen LogP contribution >= 0.6 is 0 Å². The molecule has 2 aliphatic rings. The van der Waals surface area contributed by atoms with Crippen LogP contribution < -0.4 is 10.2 Å². The Morgan fingerprint density at radius 3 is 2.76 bits per heavy atom. The van der Waals surface area contributed by atoms with E-state index >= 15 is 0 Å². The second kappa shape index (κ2) is 9.42. The average molecular weight is 394 g/mol. The molecule has 0 bridgehead atoms. The number of nitrogens with zero attached hydrogens (tertiary/aromatic N) is 2. The van der Waals surface area contributed by atoms with Crippen molar-refractivity contribution in [3.63, 3.8) is 0 Å². The minimum atomic E-state index is 0.0954. The number of carbonyl (C=O) groups excluding carboxylic acids is 1. The predicted molar refractivity (Wildman–Crippen MR) is 116 cm³/mol. The molecule has 4 rings (SSSR count). The van der Waals surface area contributed by atoms with Crippen LogP contribution in [0, 0.1) is 0 Å². The Morgan fingerprint density at radius 1 is 1.14 bits per heavy atom. The Balaban J connectivity index is 1.36. The summed E-state index contributed by atoms with van der Waals surface area (Å²) in [7, 11) is 2.02. The summed E-state index contributed by atoms with van der Waals surface area (Å²) in [6.07, 6.45) is 3.26. The lowest BCUT2D eigenvalue weighted by atomic mass is 9.88. The molecule has 1 amide bonds. The smallest absolute Gasteiger partial charge is 0.234 e. The third-order valence-corrected chi connectivity index (χ3v) is 5.90. The van der Waals surface area contributed by atoms with Gasteiger partial charge in [-0.1, -0.05) is 42.5 Å². The summed E-state index contributed by atoms with van der Waals surface area (Å²) in [4.78, 5) is 17.2. The first-order valence-electron chi connectivity index (χ1n) is 10.7. The Labute approximate surface area is 173 Å². The van der Waals surface area contributed by atoms with Gasteiger partial charge in [0.25, 0.3) is 0 Å². The van der Waals surface area contributed by atoms with E-state index in [1.807, 2.05) is 7.05 Å². The average Bonchev–Trinajstić information content (AvgIpc) is 2.75. The second-order valence-corrected chi connectivity index (χ2v) is 8.11. The molecule has 0 spiro atoms. The van der Waals surface area contributed by atoms with Crippen molar-refractivity contribution in [2.24, 2.45) is 0 Å². The Kier molecular flexibility index (Phi) is 6.47. The molecule has 0 saturated carbocycles. The number of carbonyl (C=O) groups is 1. The minimum Gasteiger partial charge on any atom is -0.378 e. The van der Waals surface area contributed by atoms with Gasteiger partial charge in [-0.2, -0.15) is 0 Å². The van der Waals surface area contributed by atoms with Crippen molar-refractivity contribution in [2.45, 2.75) is 31.8 Å². The van der Waals surface area contributed by atoms with Crippen LogP contribution in [0.5, 0.6) is 0 Å². The Bertz CT molecular complexity index is 832. The molecule has 1 N–H and O–H groups in total. The molecule has 154 valence electrons. The topological polar surface area (TPSA) is 44.8 Å². The molecule has 1 fully saturated rings. The number of nitrogens with one attached hydrogen (secondary N) is 1. The summed E-state index contributed by atoms with van der Waals surface area (Å²) in [6.45, 7) is 4.54. The number of benzene rings is 2. The van der Waals surface area contributed by atoms with Crippen LogP contribution in [-0.4, -0.2) is 50.7 Å². The number of ether oxygens (including phenoxy) is 1. The number of anilines is 1. The first-order valence-corrected chi connectivity index (χ1v) is 10.7. The third-order valence-electron chi connectivity index (χ3n) is 5.90. The summed E-state index contributed by atoms with van der Waals surface area (Å²) < 4.78 is 5.49. The summed E-state index contributed by atoms with van der Waals surface area (Å²) >= 11 is 0. The van der Waals surface area contributed by atoms with E-state index in [-0.39, 0.29) is 11.9 Å². The number of para-hydroxylation sites is 1. The quantitative estimate of drug-likeness (QED) is 0.819. The maximum Gasteiger partial charge on any atom is 0.234 e. The van der Waals surface area contributed by atoms with Gasteiger partial charge in [0.1, 0.15) is 0 Å². The number of fused-ring (bicyclic) bond motifs is 1. The molecule has 5 heteroatoms. The number of morpholine rings is 1. The monoisotopic (exact) mass is 393 g/mol. The normalized spacial score (nSPS) is 19.1. The fourth-order valence-electron chi connectivity index (χ4n) is 4.49. The molecule has 1 aliphatic heterocycles. The van der Waals surface area contributed by atoms with E-state index in [1.54, 1.807) is 0 Å². The lowest BCUT2D eigenvalue weighted by molar-refractivity contribution is -0.122. The van der Waals surface area contributed by atoms with Gasteiger partial charge in [0.15, 0.2) is 0 Å². The molecule has 1 heterocycles. The van der Waals surface area contributed by atoms with Crippen molar-refractivity contribution in [2.75, 3.05) is 44.8 Å². The predicted octanol–water partition coefficient (Wildman–Crippen LogP) is 3.15. The van der Waals surface area contributed by atoms with E-state index in [1.165, 1.54) is 22.4 Å². The Morgan fingerprint density at radius 2 is 1.90 bits per heavy atom. The molecule has 1 atom stereocenters.